The molecule has 1 aromatic carbocycles. The molecule has 0 fully saturated rings. The number of nitrogens with one attached hydrogen (secondary N) is 2. The van der Waals surface area contributed by atoms with Crippen LogP contribution in [-0.2, 0) is 5.41 Å². The van der Waals surface area contributed by atoms with E-state index in [2.05, 4.69) is 54.9 Å². The second-order valence-corrected chi connectivity index (χ2v) is 8.56. The summed E-state index contributed by atoms with van der Waals surface area (Å²) in [6, 6.07) is 9.27. The molecule has 0 radical (unpaired) electrons. The molecule has 1 unspecified atom stereocenters. The highest BCUT2D eigenvalue weighted by Crippen LogP contribution is 2.24. The SMILES string of the molecule is C=CC(NC(=NCC(C)(C)O)n1[nH]c(=O)cc1N)c1ccc(C(C)(C)C)cc1.CC. The van der Waals surface area contributed by atoms with Crippen LogP contribution < -0.4 is 16.6 Å². The highest BCUT2D eigenvalue weighted by molar-refractivity contribution is 5.84. The van der Waals surface area contributed by atoms with Gasteiger partial charge in [0.25, 0.3) is 5.56 Å². The number of aromatic nitrogens is 2. The normalized spacial score (nSPS) is 13.3. The molecule has 30 heavy (non-hydrogen) atoms. The summed E-state index contributed by atoms with van der Waals surface area (Å²) in [4.78, 5) is 16.1. The van der Waals surface area contributed by atoms with Crippen LogP contribution in [0.1, 0.15) is 65.6 Å². The number of aliphatic imine (C=N–C) groups is 1. The standard InChI is InChI=1S/C21H31N5O2.C2H6/c1-7-16(14-8-10-15(11-9-14)20(2,3)4)24-19(23-13-21(5,6)28)26-17(22)12-18(27)25-26;1-2/h7-12,16,28H,1,13,22H2,2-6H3,(H,23,24)(H,25,27);1-2H3. The highest BCUT2D eigenvalue weighted by Gasteiger charge is 2.18. The molecule has 7 heteroatoms. The molecule has 2 rings (SSSR count). The van der Waals surface area contributed by atoms with Gasteiger partial charge in [-0.1, -0.05) is 65.0 Å². The summed E-state index contributed by atoms with van der Waals surface area (Å²) >= 11 is 0. The fourth-order valence-electron chi connectivity index (χ4n) is 2.64. The molecule has 0 saturated heterocycles. The third-order valence-electron chi connectivity index (χ3n) is 4.24. The van der Waals surface area contributed by atoms with Crippen LogP contribution in [0.4, 0.5) is 5.82 Å². The number of hydrogen-bond donors (Lipinski definition) is 4. The predicted molar refractivity (Wildman–Crippen MR) is 126 cm³/mol. The predicted octanol–water partition coefficient (Wildman–Crippen LogP) is 3.57. The van der Waals surface area contributed by atoms with Gasteiger partial charge in [-0.05, 0) is 30.4 Å². The molecule has 2 aromatic rings. The topological polar surface area (TPSA) is 108 Å². The second-order valence-electron chi connectivity index (χ2n) is 8.56. The lowest BCUT2D eigenvalue weighted by molar-refractivity contribution is 0.0902. The Balaban J connectivity index is 0.00000218. The van der Waals surface area contributed by atoms with Crippen LogP contribution in [0.5, 0.6) is 0 Å². The van der Waals surface area contributed by atoms with Gasteiger partial charge in [0.2, 0.25) is 5.96 Å². The van der Waals surface area contributed by atoms with Gasteiger partial charge in [0.05, 0.1) is 18.2 Å². The van der Waals surface area contributed by atoms with E-state index in [4.69, 9.17) is 5.73 Å². The van der Waals surface area contributed by atoms with E-state index in [1.807, 2.05) is 26.0 Å². The van der Waals surface area contributed by atoms with Gasteiger partial charge in [-0.15, -0.1) is 6.58 Å². The van der Waals surface area contributed by atoms with E-state index in [1.54, 1.807) is 19.9 Å². The number of nitrogens with two attached hydrogens (primary N) is 1. The lowest BCUT2D eigenvalue weighted by atomic mass is 9.86. The summed E-state index contributed by atoms with van der Waals surface area (Å²) in [5, 5.41) is 15.9. The highest BCUT2D eigenvalue weighted by atomic mass is 16.3. The van der Waals surface area contributed by atoms with E-state index >= 15 is 0 Å². The lowest BCUT2D eigenvalue weighted by Crippen LogP contribution is -2.37. The van der Waals surface area contributed by atoms with Crippen molar-refractivity contribution < 1.29 is 5.11 Å². The van der Waals surface area contributed by atoms with E-state index in [0.717, 1.165) is 5.56 Å². The van der Waals surface area contributed by atoms with Crippen molar-refractivity contribution in [1.29, 1.82) is 0 Å². The van der Waals surface area contributed by atoms with Crippen LogP contribution in [0, 0.1) is 0 Å². The van der Waals surface area contributed by atoms with Gasteiger partial charge < -0.3 is 16.2 Å². The molecule has 7 nitrogen and oxygen atoms in total. The first-order chi connectivity index (χ1) is 13.9. The monoisotopic (exact) mass is 415 g/mol. The number of nitrogens with zero attached hydrogens (tertiary/aromatic N) is 2. The Morgan fingerprint density at radius 3 is 2.23 bits per heavy atom. The lowest BCUT2D eigenvalue weighted by Gasteiger charge is -2.23. The van der Waals surface area contributed by atoms with Crippen LogP contribution in [0.25, 0.3) is 0 Å². The van der Waals surface area contributed by atoms with Crippen LogP contribution in [0.2, 0.25) is 0 Å². The largest absolute Gasteiger partial charge is 0.389 e. The summed E-state index contributed by atoms with van der Waals surface area (Å²) in [7, 11) is 0. The Bertz CT molecular complexity index is 893. The molecule has 1 aromatic heterocycles. The third kappa shape index (κ3) is 7.22. The molecule has 0 amide bonds. The molecule has 0 spiro atoms. The number of benzene rings is 1. The first-order valence-electron chi connectivity index (χ1n) is 10.2. The van der Waals surface area contributed by atoms with Crippen LogP contribution in [-0.4, -0.2) is 33.0 Å². The molecule has 0 aliphatic heterocycles. The van der Waals surface area contributed by atoms with Gasteiger partial charge >= 0.3 is 0 Å². The molecule has 0 aliphatic rings. The minimum Gasteiger partial charge on any atom is -0.389 e. The van der Waals surface area contributed by atoms with E-state index in [9.17, 15) is 9.90 Å². The van der Waals surface area contributed by atoms with Crippen molar-refractivity contribution in [3.63, 3.8) is 0 Å². The van der Waals surface area contributed by atoms with Crippen molar-refractivity contribution in [1.82, 2.24) is 15.1 Å². The summed E-state index contributed by atoms with van der Waals surface area (Å²) in [6.07, 6.45) is 1.75. The molecule has 0 bridgehead atoms. The Morgan fingerprint density at radius 1 is 1.27 bits per heavy atom. The molecular formula is C23H37N5O2. The smallest absolute Gasteiger partial charge is 0.266 e. The van der Waals surface area contributed by atoms with Gasteiger partial charge in [-0.3, -0.25) is 9.89 Å². The van der Waals surface area contributed by atoms with E-state index < -0.39 is 5.60 Å². The van der Waals surface area contributed by atoms with E-state index in [1.165, 1.54) is 16.3 Å². The fraction of sp³-hybridized carbons (Fsp3) is 0.478. The summed E-state index contributed by atoms with van der Waals surface area (Å²) in [5.74, 6) is 0.546. The van der Waals surface area contributed by atoms with Crippen molar-refractivity contribution in [2.24, 2.45) is 4.99 Å². The average Bonchev–Trinajstić information content (AvgIpc) is 3.00. The number of aromatic amines is 1. The van der Waals surface area contributed by atoms with Gasteiger partial charge in [-0.2, -0.15) is 0 Å². The second kappa shape index (κ2) is 10.3. The van der Waals surface area contributed by atoms with Crippen molar-refractivity contribution in [3.05, 3.63) is 64.5 Å². The molecule has 5 N–H and O–H groups in total. The molecular weight excluding hydrogens is 378 g/mol. The molecule has 0 aliphatic carbocycles. The number of nitrogen functional groups attached to an aromatic ring is 1. The van der Waals surface area contributed by atoms with Crippen LogP contribution in [0.3, 0.4) is 0 Å². The molecule has 166 valence electrons. The summed E-state index contributed by atoms with van der Waals surface area (Å²) in [5.41, 5.74) is 6.87. The quantitative estimate of drug-likeness (QED) is 0.340. The fourth-order valence-corrected chi connectivity index (χ4v) is 2.64. The number of H-pyrrole nitrogens is 1. The van der Waals surface area contributed by atoms with Crippen LogP contribution >= 0.6 is 0 Å². The first kappa shape index (κ1) is 25.2. The molecule has 0 saturated carbocycles. The number of aliphatic hydroxyl groups is 1. The van der Waals surface area contributed by atoms with Gasteiger partial charge in [-0.25, -0.2) is 9.67 Å². The Labute approximate surface area is 179 Å². The summed E-state index contributed by atoms with van der Waals surface area (Å²) in [6.45, 7) is 17.9. The number of hydrogen-bond acceptors (Lipinski definition) is 4. The van der Waals surface area contributed by atoms with E-state index in [0.29, 0.717) is 5.96 Å². The zero-order valence-electron chi connectivity index (χ0n) is 19.3. The van der Waals surface area contributed by atoms with Gasteiger partial charge in [0.15, 0.2) is 0 Å². The Morgan fingerprint density at radius 2 is 1.83 bits per heavy atom. The van der Waals surface area contributed by atoms with Crippen molar-refractivity contribution in [3.8, 4) is 0 Å². The molecule has 1 atom stereocenters. The number of rotatable bonds is 5. The Hall–Kier alpha value is -2.80. The maximum absolute atomic E-state index is 11.7. The van der Waals surface area contributed by atoms with Crippen LogP contribution in [0.15, 0.2) is 52.8 Å². The molecule has 1 heterocycles. The minimum absolute atomic E-state index is 0.0635. The van der Waals surface area contributed by atoms with Crippen molar-refractivity contribution in [2.45, 2.75) is 65.5 Å². The Kier molecular flexibility index (Phi) is 8.66. The van der Waals surface area contributed by atoms with Gasteiger partial charge in [0, 0.05) is 6.07 Å². The van der Waals surface area contributed by atoms with E-state index in [-0.39, 0.29) is 29.4 Å². The van der Waals surface area contributed by atoms with Gasteiger partial charge in [0.1, 0.15) is 5.82 Å². The zero-order chi connectivity index (χ0) is 23.1. The zero-order valence-corrected chi connectivity index (χ0v) is 19.3. The third-order valence-corrected chi connectivity index (χ3v) is 4.24. The van der Waals surface area contributed by atoms with Crippen molar-refractivity contribution in [2.75, 3.05) is 12.3 Å². The summed E-state index contributed by atoms with van der Waals surface area (Å²) < 4.78 is 1.37. The average molecular weight is 416 g/mol. The number of anilines is 1. The minimum atomic E-state index is -1.01. The first-order valence-corrected chi connectivity index (χ1v) is 10.2. The maximum Gasteiger partial charge on any atom is 0.266 e. The van der Waals surface area contributed by atoms with Crippen molar-refractivity contribution >= 4 is 11.8 Å². The maximum atomic E-state index is 11.7.